The Morgan fingerprint density at radius 3 is 2.48 bits per heavy atom. The SMILES string of the molecule is CN=C(NCC(c1ccccc1)N(C)C)N(C)CCOCC1CC1.I. The highest BCUT2D eigenvalue weighted by atomic mass is 127. The zero-order valence-corrected chi connectivity index (χ0v) is 18.3. The van der Waals surface area contributed by atoms with E-state index in [4.69, 9.17) is 4.74 Å². The van der Waals surface area contributed by atoms with Crippen LogP contribution in [0.3, 0.4) is 0 Å². The molecule has 1 fully saturated rings. The van der Waals surface area contributed by atoms with E-state index >= 15 is 0 Å². The van der Waals surface area contributed by atoms with Crippen LogP contribution in [0.25, 0.3) is 0 Å². The van der Waals surface area contributed by atoms with Gasteiger partial charge in [0.15, 0.2) is 5.96 Å². The molecule has 142 valence electrons. The third kappa shape index (κ3) is 7.92. The Kier molecular flexibility index (Phi) is 10.4. The molecule has 0 heterocycles. The molecule has 1 N–H and O–H groups in total. The van der Waals surface area contributed by atoms with E-state index < -0.39 is 0 Å². The summed E-state index contributed by atoms with van der Waals surface area (Å²) in [5.41, 5.74) is 1.31. The van der Waals surface area contributed by atoms with E-state index in [0.29, 0.717) is 6.04 Å². The van der Waals surface area contributed by atoms with Crippen molar-refractivity contribution in [1.82, 2.24) is 15.1 Å². The molecule has 0 aromatic heterocycles. The minimum atomic E-state index is 0. The van der Waals surface area contributed by atoms with Gasteiger partial charge in [-0.25, -0.2) is 0 Å². The van der Waals surface area contributed by atoms with Crippen molar-refractivity contribution in [1.29, 1.82) is 0 Å². The second kappa shape index (κ2) is 11.7. The van der Waals surface area contributed by atoms with Crippen LogP contribution in [0.4, 0.5) is 0 Å². The first kappa shape index (κ1) is 22.2. The molecular weight excluding hydrogens is 427 g/mol. The third-order valence-electron chi connectivity index (χ3n) is 4.46. The van der Waals surface area contributed by atoms with Crippen LogP contribution >= 0.6 is 24.0 Å². The molecule has 1 aliphatic rings. The molecule has 0 aliphatic heterocycles. The Morgan fingerprint density at radius 2 is 1.92 bits per heavy atom. The number of hydrogen-bond acceptors (Lipinski definition) is 3. The standard InChI is InChI=1S/C19H32N4O.HI/c1-20-19(23(4)12-13-24-15-16-10-11-16)21-14-18(22(2)3)17-8-6-5-7-9-17;/h5-9,16,18H,10-15H2,1-4H3,(H,20,21);1H. The van der Waals surface area contributed by atoms with Gasteiger partial charge in [-0.05, 0) is 38.4 Å². The lowest BCUT2D eigenvalue weighted by Gasteiger charge is -2.28. The van der Waals surface area contributed by atoms with E-state index in [1.165, 1.54) is 18.4 Å². The summed E-state index contributed by atoms with van der Waals surface area (Å²) in [7, 11) is 8.11. The van der Waals surface area contributed by atoms with Gasteiger partial charge in [-0.2, -0.15) is 0 Å². The van der Waals surface area contributed by atoms with E-state index in [9.17, 15) is 0 Å². The summed E-state index contributed by atoms with van der Waals surface area (Å²) in [4.78, 5) is 8.76. The highest BCUT2D eigenvalue weighted by molar-refractivity contribution is 14.0. The van der Waals surface area contributed by atoms with Crippen LogP contribution < -0.4 is 5.32 Å². The molecule has 0 radical (unpaired) electrons. The van der Waals surface area contributed by atoms with Gasteiger partial charge in [-0.1, -0.05) is 30.3 Å². The number of nitrogens with one attached hydrogen (secondary N) is 1. The summed E-state index contributed by atoms with van der Waals surface area (Å²) in [5, 5.41) is 3.49. The second-order valence-electron chi connectivity index (χ2n) is 6.76. The molecule has 1 aromatic carbocycles. The minimum absolute atomic E-state index is 0. The van der Waals surface area contributed by atoms with Gasteiger partial charge in [0, 0.05) is 33.8 Å². The minimum Gasteiger partial charge on any atom is -0.379 e. The van der Waals surface area contributed by atoms with Gasteiger partial charge in [0.25, 0.3) is 0 Å². The Balaban J connectivity index is 0.00000312. The number of aliphatic imine (C=N–C) groups is 1. The molecular formula is C19H33IN4O. The number of hydrogen-bond donors (Lipinski definition) is 1. The van der Waals surface area contributed by atoms with Crippen LogP contribution in [0, 0.1) is 5.92 Å². The molecule has 0 bridgehead atoms. The average molecular weight is 460 g/mol. The number of nitrogens with zero attached hydrogens (tertiary/aromatic N) is 3. The maximum atomic E-state index is 5.72. The smallest absolute Gasteiger partial charge is 0.193 e. The van der Waals surface area contributed by atoms with Gasteiger partial charge in [-0.15, -0.1) is 24.0 Å². The van der Waals surface area contributed by atoms with Crippen LogP contribution in [0.2, 0.25) is 0 Å². The molecule has 6 heteroatoms. The molecule has 1 unspecified atom stereocenters. The van der Waals surface area contributed by atoms with Crippen molar-refractivity contribution in [3.8, 4) is 0 Å². The van der Waals surface area contributed by atoms with Gasteiger partial charge < -0.3 is 19.9 Å². The molecule has 0 spiro atoms. The quantitative estimate of drug-likeness (QED) is 0.266. The lowest BCUT2D eigenvalue weighted by Crippen LogP contribution is -2.43. The van der Waals surface area contributed by atoms with Crippen LogP contribution in [0.5, 0.6) is 0 Å². The molecule has 1 aliphatic carbocycles. The van der Waals surface area contributed by atoms with Gasteiger partial charge >= 0.3 is 0 Å². The second-order valence-corrected chi connectivity index (χ2v) is 6.76. The lowest BCUT2D eigenvalue weighted by atomic mass is 10.1. The molecule has 0 saturated heterocycles. The average Bonchev–Trinajstić information content (AvgIpc) is 3.40. The molecule has 1 aromatic rings. The number of likely N-dealkylation sites (N-methyl/N-ethyl adjacent to an activating group) is 2. The van der Waals surface area contributed by atoms with Crippen LogP contribution in [0.1, 0.15) is 24.4 Å². The Bertz CT molecular complexity index is 505. The van der Waals surface area contributed by atoms with Crippen molar-refractivity contribution in [3.05, 3.63) is 35.9 Å². The maximum Gasteiger partial charge on any atom is 0.193 e. The van der Waals surface area contributed by atoms with Gasteiger partial charge in [-0.3, -0.25) is 4.99 Å². The van der Waals surface area contributed by atoms with Crippen LogP contribution in [0.15, 0.2) is 35.3 Å². The Morgan fingerprint density at radius 1 is 1.24 bits per heavy atom. The molecule has 25 heavy (non-hydrogen) atoms. The third-order valence-corrected chi connectivity index (χ3v) is 4.46. The lowest BCUT2D eigenvalue weighted by molar-refractivity contribution is 0.115. The van der Waals surface area contributed by atoms with Crippen LogP contribution in [-0.2, 0) is 4.74 Å². The predicted octanol–water partition coefficient (Wildman–Crippen LogP) is 2.84. The molecule has 1 atom stereocenters. The zero-order chi connectivity index (χ0) is 17.4. The summed E-state index contributed by atoms with van der Waals surface area (Å²) in [6, 6.07) is 10.9. The van der Waals surface area contributed by atoms with Crippen molar-refractivity contribution in [2.45, 2.75) is 18.9 Å². The predicted molar refractivity (Wildman–Crippen MR) is 116 cm³/mol. The van der Waals surface area contributed by atoms with Gasteiger partial charge in [0.1, 0.15) is 0 Å². The van der Waals surface area contributed by atoms with Crippen molar-refractivity contribution in [2.75, 3.05) is 54.5 Å². The molecule has 2 rings (SSSR count). The maximum absolute atomic E-state index is 5.72. The Hall–Kier alpha value is -0.860. The summed E-state index contributed by atoms with van der Waals surface area (Å²) >= 11 is 0. The number of benzene rings is 1. The van der Waals surface area contributed by atoms with Crippen molar-refractivity contribution in [3.63, 3.8) is 0 Å². The number of guanidine groups is 1. The zero-order valence-electron chi connectivity index (χ0n) is 15.9. The van der Waals surface area contributed by atoms with Gasteiger partial charge in [0.05, 0.1) is 12.6 Å². The number of halogens is 1. The van der Waals surface area contributed by atoms with E-state index in [1.807, 2.05) is 7.05 Å². The molecule has 0 amide bonds. The number of rotatable bonds is 9. The first-order chi connectivity index (χ1) is 11.6. The largest absolute Gasteiger partial charge is 0.379 e. The number of ether oxygens (including phenoxy) is 1. The van der Waals surface area contributed by atoms with Crippen LogP contribution in [-0.4, -0.2) is 70.3 Å². The normalized spacial score (nSPS) is 15.6. The first-order valence-electron chi connectivity index (χ1n) is 8.82. The summed E-state index contributed by atoms with van der Waals surface area (Å²) < 4.78 is 5.72. The Labute approximate surface area is 169 Å². The van der Waals surface area contributed by atoms with Crippen molar-refractivity contribution in [2.24, 2.45) is 10.9 Å². The fraction of sp³-hybridized carbons (Fsp3) is 0.632. The van der Waals surface area contributed by atoms with Crippen molar-refractivity contribution < 1.29 is 4.74 Å². The van der Waals surface area contributed by atoms with E-state index in [2.05, 4.69) is 71.6 Å². The molecule has 1 saturated carbocycles. The first-order valence-corrected chi connectivity index (χ1v) is 8.82. The fourth-order valence-corrected chi connectivity index (χ4v) is 2.69. The van der Waals surface area contributed by atoms with Crippen molar-refractivity contribution >= 4 is 29.9 Å². The van der Waals surface area contributed by atoms with E-state index in [0.717, 1.165) is 38.2 Å². The highest BCUT2D eigenvalue weighted by Crippen LogP contribution is 2.28. The van der Waals surface area contributed by atoms with Gasteiger partial charge in [0.2, 0.25) is 0 Å². The van der Waals surface area contributed by atoms with E-state index in [-0.39, 0.29) is 24.0 Å². The summed E-state index contributed by atoms with van der Waals surface area (Å²) in [5.74, 6) is 1.73. The highest BCUT2D eigenvalue weighted by Gasteiger charge is 2.21. The summed E-state index contributed by atoms with van der Waals surface area (Å²) in [6.07, 6.45) is 2.68. The van der Waals surface area contributed by atoms with E-state index in [1.54, 1.807) is 0 Å². The fourth-order valence-electron chi connectivity index (χ4n) is 2.69. The summed E-state index contributed by atoms with van der Waals surface area (Å²) in [6.45, 7) is 3.33. The topological polar surface area (TPSA) is 40.1 Å². The molecule has 5 nitrogen and oxygen atoms in total. The monoisotopic (exact) mass is 460 g/mol.